The standard InChI is InChI=1S/C30H33N3O7S/c1-5-38-28(34)20-33(30(35)40-23-13-11-22(36-3)12-14-23)19-21-10-15-25(37-4)26(18-21)39-17-16-32(2)29-31-24-8-6-7-9-27(24)41-29/h6-15,18H,5,16-17,19-20H2,1-4H3. The van der Waals surface area contributed by atoms with Gasteiger partial charge in [0.15, 0.2) is 16.6 Å². The van der Waals surface area contributed by atoms with Gasteiger partial charge < -0.3 is 28.6 Å². The molecule has 41 heavy (non-hydrogen) atoms. The molecule has 0 N–H and O–H groups in total. The molecule has 4 aromatic rings. The Balaban J connectivity index is 1.43. The molecule has 0 unspecified atom stereocenters. The molecule has 0 saturated carbocycles. The van der Waals surface area contributed by atoms with Crippen LogP contribution in [0.2, 0.25) is 0 Å². The zero-order chi connectivity index (χ0) is 29.2. The maximum Gasteiger partial charge on any atom is 0.416 e. The third kappa shape index (κ3) is 8.01. The summed E-state index contributed by atoms with van der Waals surface area (Å²) in [5.41, 5.74) is 1.68. The largest absolute Gasteiger partial charge is 0.497 e. The van der Waals surface area contributed by atoms with E-state index in [1.165, 1.54) is 4.90 Å². The fourth-order valence-electron chi connectivity index (χ4n) is 3.92. The second-order valence-electron chi connectivity index (χ2n) is 8.92. The first kappa shape index (κ1) is 29.5. The molecule has 3 aromatic carbocycles. The van der Waals surface area contributed by atoms with E-state index >= 15 is 0 Å². The molecule has 1 amide bonds. The van der Waals surface area contributed by atoms with Crippen LogP contribution in [0.3, 0.4) is 0 Å². The lowest BCUT2D eigenvalue weighted by Gasteiger charge is -2.22. The van der Waals surface area contributed by atoms with Crippen LogP contribution in [0.4, 0.5) is 9.93 Å². The minimum Gasteiger partial charge on any atom is -0.497 e. The van der Waals surface area contributed by atoms with Crippen LogP contribution in [-0.4, -0.2) is 69.5 Å². The summed E-state index contributed by atoms with van der Waals surface area (Å²) in [7, 11) is 5.08. The quantitative estimate of drug-likeness (QED) is 0.193. The summed E-state index contributed by atoms with van der Waals surface area (Å²) >= 11 is 1.62. The summed E-state index contributed by atoms with van der Waals surface area (Å²) in [5.74, 6) is 1.48. The van der Waals surface area contributed by atoms with Gasteiger partial charge in [-0.15, -0.1) is 0 Å². The number of carbonyl (C=O) groups excluding carboxylic acids is 2. The number of likely N-dealkylation sites (N-methyl/N-ethyl adjacent to an activating group) is 1. The van der Waals surface area contributed by atoms with Gasteiger partial charge in [0.1, 0.15) is 24.7 Å². The molecule has 0 bridgehead atoms. The fourth-order valence-corrected chi connectivity index (χ4v) is 4.87. The van der Waals surface area contributed by atoms with Crippen molar-refractivity contribution in [2.24, 2.45) is 0 Å². The van der Waals surface area contributed by atoms with Gasteiger partial charge in [0.05, 0.1) is 37.6 Å². The molecule has 10 nitrogen and oxygen atoms in total. The van der Waals surface area contributed by atoms with Crippen molar-refractivity contribution in [2.75, 3.05) is 52.5 Å². The van der Waals surface area contributed by atoms with E-state index in [0.717, 1.165) is 20.9 Å². The van der Waals surface area contributed by atoms with Crippen molar-refractivity contribution in [1.82, 2.24) is 9.88 Å². The minimum absolute atomic E-state index is 0.0831. The molecule has 0 aliphatic rings. The number of nitrogens with zero attached hydrogens (tertiary/aromatic N) is 3. The molecule has 0 radical (unpaired) electrons. The maximum absolute atomic E-state index is 13.1. The van der Waals surface area contributed by atoms with Crippen molar-refractivity contribution in [3.63, 3.8) is 0 Å². The number of amides is 1. The van der Waals surface area contributed by atoms with Crippen LogP contribution in [0.1, 0.15) is 12.5 Å². The Morgan fingerprint density at radius 1 is 0.927 bits per heavy atom. The Labute approximate surface area is 243 Å². The first-order valence-corrected chi connectivity index (χ1v) is 13.8. The first-order chi connectivity index (χ1) is 19.9. The molecule has 216 valence electrons. The number of carbonyl (C=O) groups is 2. The number of methoxy groups -OCH3 is 2. The van der Waals surface area contributed by atoms with E-state index in [1.54, 1.807) is 74.9 Å². The van der Waals surface area contributed by atoms with E-state index in [-0.39, 0.29) is 19.7 Å². The number of para-hydroxylation sites is 1. The van der Waals surface area contributed by atoms with Gasteiger partial charge in [-0.05, 0) is 61.0 Å². The summed E-state index contributed by atoms with van der Waals surface area (Å²) in [5, 5.41) is 0.903. The topological polar surface area (TPSA) is 99.7 Å². The van der Waals surface area contributed by atoms with E-state index in [2.05, 4.69) is 11.1 Å². The number of thiazole rings is 1. The summed E-state index contributed by atoms with van der Waals surface area (Å²) < 4.78 is 28.4. The first-order valence-electron chi connectivity index (χ1n) is 13.0. The average Bonchev–Trinajstić information content (AvgIpc) is 3.42. The zero-order valence-electron chi connectivity index (χ0n) is 23.5. The summed E-state index contributed by atoms with van der Waals surface area (Å²) in [6.45, 7) is 2.68. The van der Waals surface area contributed by atoms with Gasteiger partial charge in [-0.25, -0.2) is 9.78 Å². The number of rotatable bonds is 13. The molecule has 0 spiro atoms. The van der Waals surface area contributed by atoms with Crippen LogP contribution < -0.4 is 23.8 Å². The summed E-state index contributed by atoms with van der Waals surface area (Å²) in [6, 6.07) is 20.0. The molecule has 0 aliphatic carbocycles. The van der Waals surface area contributed by atoms with Gasteiger partial charge in [-0.1, -0.05) is 29.5 Å². The van der Waals surface area contributed by atoms with E-state index in [4.69, 9.17) is 23.7 Å². The molecule has 0 fully saturated rings. The number of fused-ring (bicyclic) bond motifs is 1. The lowest BCUT2D eigenvalue weighted by molar-refractivity contribution is -0.144. The second kappa shape index (κ2) is 14.2. The second-order valence-corrected chi connectivity index (χ2v) is 9.93. The Morgan fingerprint density at radius 3 is 2.39 bits per heavy atom. The van der Waals surface area contributed by atoms with Crippen LogP contribution in [0.15, 0.2) is 66.7 Å². The van der Waals surface area contributed by atoms with Gasteiger partial charge >= 0.3 is 12.1 Å². The van der Waals surface area contributed by atoms with E-state index < -0.39 is 12.1 Å². The Kier molecular flexibility index (Phi) is 10.2. The third-order valence-electron chi connectivity index (χ3n) is 6.04. The minimum atomic E-state index is -0.695. The number of hydrogen-bond acceptors (Lipinski definition) is 10. The van der Waals surface area contributed by atoms with Gasteiger partial charge in [-0.2, -0.15) is 0 Å². The molecular weight excluding hydrogens is 546 g/mol. The Morgan fingerprint density at radius 2 is 1.68 bits per heavy atom. The van der Waals surface area contributed by atoms with E-state index in [1.807, 2.05) is 30.1 Å². The predicted octanol–water partition coefficient (Wildman–Crippen LogP) is 5.39. The molecule has 0 saturated heterocycles. The lowest BCUT2D eigenvalue weighted by Crippen LogP contribution is -2.38. The Hall–Kier alpha value is -4.51. The molecular formula is C30H33N3O7S. The molecule has 11 heteroatoms. The molecule has 0 aliphatic heterocycles. The van der Waals surface area contributed by atoms with Crippen molar-refractivity contribution in [3.05, 3.63) is 72.3 Å². The highest BCUT2D eigenvalue weighted by molar-refractivity contribution is 7.22. The maximum atomic E-state index is 13.1. The van der Waals surface area contributed by atoms with Crippen LogP contribution in [-0.2, 0) is 16.1 Å². The van der Waals surface area contributed by atoms with Gasteiger partial charge in [0.25, 0.3) is 0 Å². The highest BCUT2D eigenvalue weighted by Crippen LogP contribution is 2.30. The molecule has 1 aromatic heterocycles. The highest BCUT2D eigenvalue weighted by Gasteiger charge is 2.22. The highest BCUT2D eigenvalue weighted by atomic mass is 32.1. The van der Waals surface area contributed by atoms with E-state index in [0.29, 0.717) is 36.1 Å². The number of aromatic nitrogens is 1. The lowest BCUT2D eigenvalue weighted by atomic mass is 10.2. The SMILES string of the molecule is CCOC(=O)CN(Cc1ccc(OC)c(OCCN(C)c2nc3ccccc3s2)c1)C(=O)Oc1ccc(OC)cc1. The summed E-state index contributed by atoms with van der Waals surface area (Å²) in [4.78, 5) is 33.3. The molecule has 0 atom stereocenters. The molecule has 1 heterocycles. The van der Waals surface area contributed by atoms with Gasteiger partial charge in [-0.3, -0.25) is 9.69 Å². The van der Waals surface area contributed by atoms with Crippen LogP contribution in [0.5, 0.6) is 23.0 Å². The van der Waals surface area contributed by atoms with E-state index in [9.17, 15) is 9.59 Å². The monoisotopic (exact) mass is 579 g/mol. The summed E-state index contributed by atoms with van der Waals surface area (Å²) in [6.07, 6.45) is -0.695. The van der Waals surface area contributed by atoms with Crippen molar-refractivity contribution in [1.29, 1.82) is 0 Å². The van der Waals surface area contributed by atoms with Gasteiger partial charge in [0, 0.05) is 13.6 Å². The smallest absolute Gasteiger partial charge is 0.416 e. The number of esters is 1. The number of hydrogen-bond donors (Lipinski definition) is 0. The number of benzene rings is 3. The van der Waals surface area contributed by atoms with Gasteiger partial charge in [0.2, 0.25) is 0 Å². The zero-order valence-corrected chi connectivity index (χ0v) is 24.3. The van der Waals surface area contributed by atoms with Crippen LogP contribution >= 0.6 is 11.3 Å². The van der Waals surface area contributed by atoms with Crippen LogP contribution in [0, 0.1) is 0 Å². The van der Waals surface area contributed by atoms with Crippen LogP contribution in [0.25, 0.3) is 10.2 Å². The van der Waals surface area contributed by atoms with Crippen molar-refractivity contribution >= 4 is 38.7 Å². The van der Waals surface area contributed by atoms with Crippen molar-refractivity contribution in [2.45, 2.75) is 13.5 Å². The molecule has 4 rings (SSSR count). The normalized spacial score (nSPS) is 10.6. The predicted molar refractivity (Wildman–Crippen MR) is 157 cm³/mol. The number of ether oxygens (including phenoxy) is 5. The number of anilines is 1. The fraction of sp³-hybridized carbons (Fsp3) is 0.300. The van der Waals surface area contributed by atoms with Crippen molar-refractivity contribution < 1.29 is 33.3 Å². The van der Waals surface area contributed by atoms with Crippen molar-refractivity contribution in [3.8, 4) is 23.0 Å². The Bertz CT molecular complexity index is 1430. The third-order valence-corrected chi connectivity index (χ3v) is 7.19. The average molecular weight is 580 g/mol.